The van der Waals surface area contributed by atoms with Gasteiger partial charge in [0.15, 0.2) is 0 Å². The van der Waals surface area contributed by atoms with Crippen LogP contribution in [0.3, 0.4) is 0 Å². The first-order chi connectivity index (χ1) is 9.56. The molecule has 0 radical (unpaired) electrons. The van der Waals surface area contributed by atoms with Gasteiger partial charge in [0.05, 0.1) is 0 Å². The molecule has 1 aliphatic rings. The largest absolute Gasteiger partial charge is 0.368 e. The van der Waals surface area contributed by atoms with E-state index >= 15 is 0 Å². The van der Waals surface area contributed by atoms with E-state index in [1.54, 1.807) is 18.3 Å². The molecule has 6 nitrogen and oxygen atoms in total. The molecule has 1 saturated heterocycles. The Kier molecular flexibility index (Phi) is 4.92. The number of nitrogens with two attached hydrogens (primary N) is 1. The third-order valence-corrected chi connectivity index (χ3v) is 3.33. The number of primary amides is 1. The lowest BCUT2D eigenvalue weighted by Crippen LogP contribution is -2.49. The number of amides is 2. The number of halogens is 1. The summed E-state index contributed by atoms with van der Waals surface area (Å²) in [6.45, 7) is 0.570. The fourth-order valence-corrected chi connectivity index (χ4v) is 2.15. The van der Waals surface area contributed by atoms with E-state index in [9.17, 15) is 9.59 Å². The van der Waals surface area contributed by atoms with E-state index in [2.05, 4.69) is 10.3 Å². The molecule has 2 amide bonds. The molecule has 0 bridgehead atoms. The number of nitrogens with one attached hydrogen (secondary N) is 1. The quantitative estimate of drug-likeness (QED) is 0.770. The maximum absolute atomic E-state index is 11.9. The second kappa shape index (κ2) is 6.67. The van der Waals surface area contributed by atoms with Gasteiger partial charge in [-0.2, -0.15) is 0 Å². The van der Waals surface area contributed by atoms with Gasteiger partial charge < -0.3 is 15.8 Å². The molecule has 2 atom stereocenters. The van der Waals surface area contributed by atoms with Crippen LogP contribution in [-0.2, 0) is 20.7 Å². The average molecular weight is 298 g/mol. The van der Waals surface area contributed by atoms with Crippen molar-refractivity contribution in [3.05, 3.63) is 29.0 Å². The number of aromatic nitrogens is 1. The van der Waals surface area contributed by atoms with E-state index in [0.29, 0.717) is 18.2 Å². The molecule has 0 aromatic carbocycles. The summed E-state index contributed by atoms with van der Waals surface area (Å²) in [5, 5.41) is 2.99. The van der Waals surface area contributed by atoms with Crippen LogP contribution in [0, 0.1) is 0 Å². The van der Waals surface area contributed by atoms with Gasteiger partial charge >= 0.3 is 0 Å². The summed E-state index contributed by atoms with van der Waals surface area (Å²) in [6.07, 6.45) is 2.86. The molecule has 0 unspecified atom stereocenters. The normalized spacial score (nSPS) is 19.6. The molecule has 1 aromatic rings. The van der Waals surface area contributed by atoms with Gasteiger partial charge in [0.1, 0.15) is 17.3 Å². The Bertz CT molecular complexity index is 486. The molecule has 1 aliphatic heterocycles. The number of hydrogen-bond donors (Lipinski definition) is 2. The predicted octanol–water partition coefficient (Wildman–Crippen LogP) is 0.427. The number of rotatable bonds is 5. The molecular weight excluding hydrogens is 282 g/mol. The first-order valence-electron chi connectivity index (χ1n) is 6.38. The molecule has 20 heavy (non-hydrogen) atoms. The zero-order chi connectivity index (χ0) is 14.5. The van der Waals surface area contributed by atoms with Gasteiger partial charge in [0.2, 0.25) is 11.8 Å². The highest BCUT2D eigenvalue weighted by atomic mass is 35.5. The molecule has 0 saturated carbocycles. The van der Waals surface area contributed by atoms with Crippen LogP contribution in [0.4, 0.5) is 0 Å². The van der Waals surface area contributed by atoms with E-state index in [-0.39, 0.29) is 12.3 Å². The monoisotopic (exact) mass is 297 g/mol. The number of ether oxygens (including phenoxy) is 1. The van der Waals surface area contributed by atoms with Gasteiger partial charge in [-0.15, -0.1) is 0 Å². The molecule has 0 aliphatic carbocycles. The van der Waals surface area contributed by atoms with Gasteiger partial charge in [0.25, 0.3) is 0 Å². The minimum Gasteiger partial charge on any atom is -0.368 e. The van der Waals surface area contributed by atoms with E-state index < -0.39 is 18.1 Å². The summed E-state index contributed by atoms with van der Waals surface area (Å²) >= 11 is 5.69. The first kappa shape index (κ1) is 14.7. The van der Waals surface area contributed by atoms with Crippen molar-refractivity contribution in [2.24, 2.45) is 5.73 Å². The van der Waals surface area contributed by atoms with E-state index in [1.807, 2.05) is 0 Å². The van der Waals surface area contributed by atoms with Crippen LogP contribution in [0.25, 0.3) is 0 Å². The molecule has 2 rings (SSSR count). The number of carbonyl (C=O) groups excluding carboxylic acids is 2. The molecule has 1 fully saturated rings. The Hall–Kier alpha value is -1.66. The zero-order valence-electron chi connectivity index (χ0n) is 10.8. The Labute approximate surface area is 121 Å². The Balaban J connectivity index is 1.98. The summed E-state index contributed by atoms with van der Waals surface area (Å²) in [5.41, 5.74) is 6.09. The number of carbonyl (C=O) groups is 2. The van der Waals surface area contributed by atoms with Gasteiger partial charge in [-0.05, 0) is 24.5 Å². The van der Waals surface area contributed by atoms with Crippen LogP contribution < -0.4 is 11.1 Å². The van der Waals surface area contributed by atoms with Crippen molar-refractivity contribution in [2.45, 2.75) is 31.4 Å². The highest BCUT2D eigenvalue weighted by Crippen LogP contribution is 2.13. The maximum Gasteiger partial charge on any atom is 0.249 e. The highest BCUT2D eigenvalue weighted by Gasteiger charge is 2.27. The van der Waals surface area contributed by atoms with Crippen molar-refractivity contribution < 1.29 is 14.3 Å². The zero-order valence-corrected chi connectivity index (χ0v) is 11.6. The van der Waals surface area contributed by atoms with E-state index in [1.165, 1.54) is 0 Å². The standard InChI is InChI=1S/C13H16ClN3O3/c14-11-4-3-8(7-16-11)6-9(12(15)18)17-13(19)10-2-1-5-20-10/h3-4,7,9-10H,1-2,5-6H2,(H2,15,18)(H,17,19)/t9-,10+/m1/s1. The van der Waals surface area contributed by atoms with Crippen molar-refractivity contribution >= 4 is 23.4 Å². The molecule has 1 aromatic heterocycles. The van der Waals surface area contributed by atoms with Gasteiger partial charge in [-0.25, -0.2) is 4.98 Å². The number of hydrogen-bond acceptors (Lipinski definition) is 4. The predicted molar refractivity (Wildman–Crippen MR) is 73.1 cm³/mol. The third kappa shape index (κ3) is 3.91. The lowest BCUT2D eigenvalue weighted by molar-refractivity contribution is -0.133. The van der Waals surface area contributed by atoms with Crippen LogP contribution in [0.5, 0.6) is 0 Å². The minimum atomic E-state index is -0.783. The second-order valence-corrected chi connectivity index (χ2v) is 5.05. The maximum atomic E-state index is 11.9. The first-order valence-corrected chi connectivity index (χ1v) is 6.76. The lowest BCUT2D eigenvalue weighted by Gasteiger charge is -2.17. The Morgan fingerprint density at radius 3 is 2.90 bits per heavy atom. The van der Waals surface area contributed by atoms with Gasteiger partial charge in [0, 0.05) is 19.2 Å². The number of nitrogens with zero attached hydrogens (tertiary/aromatic N) is 1. The summed E-state index contributed by atoms with van der Waals surface area (Å²) < 4.78 is 5.27. The molecular formula is C13H16ClN3O3. The SMILES string of the molecule is NC(=O)[C@@H](Cc1ccc(Cl)nc1)NC(=O)[C@@H]1CCCO1. The highest BCUT2D eigenvalue weighted by molar-refractivity contribution is 6.29. The topological polar surface area (TPSA) is 94.3 Å². The molecule has 108 valence electrons. The average Bonchev–Trinajstić information content (AvgIpc) is 2.94. The summed E-state index contributed by atoms with van der Waals surface area (Å²) in [7, 11) is 0. The minimum absolute atomic E-state index is 0.276. The van der Waals surface area contributed by atoms with Crippen molar-refractivity contribution in [2.75, 3.05) is 6.61 Å². The second-order valence-electron chi connectivity index (χ2n) is 4.66. The molecule has 0 spiro atoms. The number of pyridine rings is 1. The molecule has 3 N–H and O–H groups in total. The van der Waals surface area contributed by atoms with E-state index in [0.717, 1.165) is 12.0 Å². The summed E-state index contributed by atoms with van der Waals surface area (Å²) in [4.78, 5) is 27.3. The Morgan fingerprint density at radius 1 is 1.55 bits per heavy atom. The molecule has 2 heterocycles. The van der Waals surface area contributed by atoms with E-state index in [4.69, 9.17) is 22.1 Å². The Morgan fingerprint density at radius 2 is 2.35 bits per heavy atom. The van der Waals surface area contributed by atoms with Crippen LogP contribution in [-0.4, -0.2) is 35.6 Å². The lowest BCUT2D eigenvalue weighted by atomic mass is 10.1. The van der Waals surface area contributed by atoms with Crippen molar-refractivity contribution in [1.82, 2.24) is 10.3 Å². The molecule has 7 heteroatoms. The third-order valence-electron chi connectivity index (χ3n) is 3.11. The van der Waals surface area contributed by atoms with Crippen molar-refractivity contribution in [1.29, 1.82) is 0 Å². The smallest absolute Gasteiger partial charge is 0.249 e. The fourth-order valence-electron chi connectivity index (χ4n) is 2.03. The summed E-state index contributed by atoms with van der Waals surface area (Å²) in [5.74, 6) is -0.889. The van der Waals surface area contributed by atoms with Crippen molar-refractivity contribution in [3.8, 4) is 0 Å². The fraction of sp³-hybridized carbons (Fsp3) is 0.462. The van der Waals surface area contributed by atoms with Crippen LogP contribution >= 0.6 is 11.6 Å². The van der Waals surface area contributed by atoms with Crippen LogP contribution in [0.15, 0.2) is 18.3 Å². The van der Waals surface area contributed by atoms with Gasteiger partial charge in [-0.3, -0.25) is 9.59 Å². The van der Waals surface area contributed by atoms with Crippen LogP contribution in [0.1, 0.15) is 18.4 Å². The van der Waals surface area contributed by atoms with Crippen molar-refractivity contribution in [3.63, 3.8) is 0 Å². The summed E-state index contributed by atoms with van der Waals surface area (Å²) in [6, 6.07) is 2.58. The van der Waals surface area contributed by atoms with Crippen LogP contribution in [0.2, 0.25) is 5.15 Å². The van der Waals surface area contributed by atoms with Gasteiger partial charge in [-0.1, -0.05) is 17.7 Å².